The van der Waals surface area contributed by atoms with Crippen LogP contribution in [-0.2, 0) is 9.53 Å². The van der Waals surface area contributed by atoms with Crippen molar-refractivity contribution in [1.29, 1.82) is 0 Å². The van der Waals surface area contributed by atoms with Crippen LogP contribution >= 0.6 is 15.9 Å². The number of aliphatic hydroxyl groups excluding tert-OH is 1. The molecule has 1 aliphatic heterocycles. The fraction of sp³-hybridized carbons (Fsp3) is 0.393. The Kier molecular flexibility index (Phi) is 11.7. The summed E-state index contributed by atoms with van der Waals surface area (Å²) in [4.78, 5) is 24.5. The number of methoxy groups -OCH3 is 1. The maximum Gasteiger partial charge on any atom is 0.337 e. The zero-order chi connectivity index (χ0) is 29.9. The number of aliphatic hydroxyl groups is 1. The van der Waals surface area contributed by atoms with Crippen molar-refractivity contribution in [1.82, 2.24) is 16.1 Å². The summed E-state index contributed by atoms with van der Waals surface area (Å²) in [5.41, 5.74) is 4.59. The van der Waals surface area contributed by atoms with Crippen LogP contribution in [0, 0.1) is 0 Å². The minimum Gasteiger partial charge on any atom is -0.490 e. The molecule has 222 valence electrons. The third kappa shape index (κ3) is 8.27. The van der Waals surface area contributed by atoms with Gasteiger partial charge in [-0.3, -0.25) is 5.43 Å². The molecule has 2 amide bonds. The highest BCUT2D eigenvalue weighted by Gasteiger charge is 2.32. The number of amides is 2. The van der Waals surface area contributed by atoms with Gasteiger partial charge >= 0.3 is 12.0 Å². The van der Waals surface area contributed by atoms with Crippen LogP contribution in [0.4, 0.5) is 4.79 Å². The standard InChI is InChI=1S/C28H35BrN4O8/c1-6-38-21-11-17(26-25(27(35)37-5)16(4)31-28(36)32-26)9-10-20(21)41-15-24(34)33-30-14-18-12-22(39-7-2)23(40-8-3)13-19(18)29/h9-14,24,26,33-34H,6-8,15H2,1-5H3,(H2,31,32,36)/b30-14-/t24-,26+/m1/s1. The monoisotopic (exact) mass is 634 g/mol. The largest absolute Gasteiger partial charge is 0.490 e. The molecule has 0 spiro atoms. The Morgan fingerprint density at radius 2 is 1.68 bits per heavy atom. The van der Waals surface area contributed by atoms with Crippen molar-refractivity contribution in [3.05, 3.63) is 57.2 Å². The van der Waals surface area contributed by atoms with Gasteiger partial charge in [-0.15, -0.1) is 0 Å². The van der Waals surface area contributed by atoms with E-state index in [1.54, 1.807) is 37.3 Å². The van der Waals surface area contributed by atoms with Gasteiger partial charge in [0.25, 0.3) is 0 Å². The van der Waals surface area contributed by atoms with Crippen molar-refractivity contribution in [2.24, 2.45) is 5.10 Å². The molecule has 0 unspecified atom stereocenters. The number of rotatable bonds is 14. The van der Waals surface area contributed by atoms with Crippen molar-refractivity contribution in [3.63, 3.8) is 0 Å². The number of esters is 1. The molecule has 0 bridgehead atoms. The lowest BCUT2D eigenvalue weighted by molar-refractivity contribution is -0.136. The van der Waals surface area contributed by atoms with Gasteiger partial charge in [0.2, 0.25) is 0 Å². The Morgan fingerprint density at radius 3 is 2.32 bits per heavy atom. The Bertz CT molecular complexity index is 1300. The molecule has 0 aromatic heterocycles. The smallest absolute Gasteiger partial charge is 0.337 e. The summed E-state index contributed by atoms with van der Waals surface area (Å²) < 4.78 is 28.5. The lowest BCUT2D eigenvalue weighted by atomic mass is 9.95. The van der Waals surface area contributed by atoms with E-state index in [0.717, 1.165) is 4.47 Å². The van der Waals surface area contributed by atoms with E-state index >= 15 is 0 Å². The number of allylic oxidation sites excluding steroid dienone is 1. The summed E-state index contributed by atoms with van der Waals surface area (Å²) in [7, 11) is 1.27. The van der Waals surface area contributed by atoms with Gasteiger partial charge in [0, 0.05) is 15.7 Å². The second kappa shape index (κ2) is 15.1. The Labute approximate surface area is 247 Å². The first-order chi connectivity index (χ1) is 19.7. The number of benzene rings is 2. The first-order valence-electron chi connectivity index (χ1n) is 13.0. The number of hydrazone groups is 1. The summed E-state index contributed by atoms with van der Waals surface area (Å²) in [5, 5.41) is 19.9. The number of nitrogens with zero attached hydrogens (tertiary/aromatic N) is 1. The van der Waals surface area contributed by atoms with Gasteiger partial charge in [-0.1, -0.05) is 6.07 Å². The minimum absolute atomic E-state index is 0.151. The van der Waals surface area contributed by atoms with Crippen molar-refractivity contribution >= 4 is 34.1 Å². The van der Waals surface area contributed by atoms with Crippen LogP contribution in [0.3, 0.4) is 0 Å². The number of halogens is 1. The van der Waals surface area contributed by atoms with Crippen LogP contribution in [0.25, 0.3) is 0 Å². The molecule has 0 radical (unpaired) electrons. The van der Waals surface area contributed by atoms with E-state index in [4.69, 9.17) is 23.7 Å². The molecule has 41 heavy (non-hydrogen) atoms. The van der Waals surface area contributed by atoms with Crippen LogP contribution in [0.2, 0.25) is 0 Å². The number of urea groups is 1. The molecule has 0 fully saturated rings. The maximum atomic E-state index is 12.4. The van der Waals surface area contributed by atoms with E-state index in [9.17, 15) is 14.7 Å². The van der Waals surface area contributed by atoms with E-state index in [1.165, 1.54) is 13.3 Å². The van der Waals surface area contributed by atoms with E-state index in [-0.39, 0.29) is 12.2 Å². The van der Waals surface area contributed by atoms with Crippen molar-refractivity contribution in [3.8, 4) is 23.0 Å². The highest BCUT2D eigenvalue weighted by Crippen LogP contribution is 2.35. The average molecular weight is 636 g/mol. The van der Waals surface area contributed by atoms with Gasteiger partial charge < -0.3 is 39.4 Å². The van der Waals surface area contributed by atoms with Crippen molar-refractivity contribution in [2.75, 3.05) is 33.5 Å². The molecule has 3 rings (SSSR count). The molecule has 1 aliphatic rings. The van der Waals surface area contributed by atoms with Gasteiger partial charge in [0.05, 0.1) is 44.8 Å². The van der Waals surface area contributed by atoms with Crippen LogP contribution in [0.5, 0.6) is 23.0 Å². The highest BCUT2D eigenvalue weighted by molar-refractivity contribution is 9.10. The van der Waals surface area contributed by atoms with E-state index in [2.05, 4.69) is 37.1 Å². The molecule has 2 atom stereocenters. The molecule has 2 aromatic rings. The Balaban J connectivity index is 1.70. The number of hydrogen-bond donors (Lipinski definition) is 4. The minimum atomic E-state index is -1.14. The molecule has 0 saturated carbocycles. The van der Waals surface area contributed by atoms with Gasteiger partial charge in [-0.2, -0.15) is 5.10 Å². The molecule has 2 aromatic carbocycles. The number of carbonyl (C=O) groups is 2. The lowest BCUT2D eigenvalue weighted by Gasteiger charge is -2.28. The summed E-state index contributed by atoms with van der Waals surface area (Å²) in [6, 6.07) is 7.39. The number of nitrogens with one attached hydrogen (secondary N) is 3. The van der Waals surface area contributed by atoms with Crippen molar-refractivity contribution < 1.29 is 38.4 Å². The molecule has 0 saturated heterocycles. The molecule has 0 aliphatic carbocycles. The topological polar surface area (TPSA) is 149 Å². The summed E-state index contributed by atoms with van der Waals surface area (Å²) in [6.07, 6.45) is 0.390. The van der Waals surface area contributed by atoms with Crippen molar-refractivity contribution in [2.45, 2.75) is 40.0 Å². The van der Waals surface area contributed by atoms with E-state index in [1.807, 2.05) is 20.8 Å². The molecule has 1 heterocycles. The number of hydrogen-bond acceptors (Lipinski definition) is 10. The Hall–Kier alpha value is -3.97. The zero-order valence-corrected chi connectivity index (χ0v) is 25.2. The summed E-state index contributed by atoms with van der Waals surface area (Å²) >= 11 is 3.50. The van der Waals surface area contributed by atoms with Gasteiger partial charge in [-0.25, -0.2) is 9.59 Å². The molecular formula is C28H35BrN4O8. The van der Waals surface area contributed by atoms with E-state index in [0.29, 0.717) is 59.6 Å². The molecule has 13 heteroatoms. The maximum absolute atomic E-state index is 12.4. The SMILES string of the molecule is CCOc1cc(Br)c(/C=N\N[C@H](O)COc2ccc([C@@H]3NC(=O)NC(C)=C3C(=O)OC)cc2OCC)cc1OCC. The second-order valence-corrected chi connectivity index (χ2v) is 9.46. The normalized spacial score (nSPS) is 15.6. The predicted molar refractivity (Wildman–Crippen MR) is 155 cm³/mol. The number of ether oxygens (including phenoxy) is 5. The Morgan fingerprint density at radius 1 is 1.05 bits per heavy atom. The number of carbonyl (C=O) groups excluding carboxylic acids is 2. The van der Waals surface area contributed by atoms with Crippen LogP contribution in [0.1, 0.15) is 44.9 Å². The third-order valence-corrected chi connectivity index (χ3v) is 6.45. The quantitative estimate of drug-likeness (QED) is 0.105. The fourth-order valence-electron chi connectivity index (χ4n) is 4.00. The van der Waals surface area contributed by atoms with E-state index < -0.39 is 24.3 Å². The van der Waals surface area contributed by atoms with Crippen LogP contribution < -0.4 is 35.0 Å². The lowest BCUT2D eigenvalue weighted by Crippen LogP contribution is -2.45. The molecule has 12 nitrogen and oxygen atoms in total. The molecule has 4 N–H and O–H groups in total. The first kappa shape index (κ1) is 31.6. The zero-order valence-electron chi connectivity index (χ0n) is 23.6. The van der Waals surface area contributed by atoms with Gasteiger partial charge in [0.1, 0.15) is 6.61 Å². The second-order valence-electron chi connectivity index (χ2n) is 8.60. The van der Waals surface area contributed by atoms with Crippen LogP contribution in [-0.4, -0.2) is 63.1 Å². The summed E-state index contributed by atoms with van der Waals surface area (Å²) in [6.45, 7) is 8.39. The first-order valence-corrected chi connectivity index (χ1v) is 13.8. The third-order valence-electron chi connectivity index (χ3n) is 5.76. The van der Waals surface area contributed by atoms with Gasteiger partial charge in [-0.05, 0) is 73.5 Å². The average Bonchev–Trinajstić information content (AvgIpc) is 2.94. The highest BCUT2D eigenvalue weighted by atomic mass is 79.9. The van der Waals surface area contributed by atoms with Gasteiger partial charge in [0.15, 0.2) is 29.2 Å². The summed E-state index contributed by atoms with van der Waals surface area (Å²) in [5.74, 6) is 1.36. The van der Waals surface area contributed by atoms with Crippen LogP contribution in [0.15, 0.2) is 51.2 Å². The predicted octanol–water partition coefficient (Wildman–Crippen LogP) is 3.77. The fourth-order valence-corrected chi connectivity index (χ4v) is 4.43. The molecular weight excluding hydrogens is 600 g/mol.